The zero-order valence-corrected chi connectivity index (χ0v) is 13.6. The zero-order chi connectivity index (χ0) is 17.6. The summed E-state index contributed by atoms with van der Waals surface area (Å²) in [4.78, 5) is 23.9. The van der Waals surface area contributed by atoms with E-state index >= 15 is 0 Å². The molecule has 6 nitrogen and oxygen atoms in total. The number of aryl methyl sites for hydroxylation is 1. The molecule has 0 saturated heterocycles. The van der Waals surface area contributed by atoms with E-state index in [1.165, 1.54) is 0 Å². The van der Waals surface area contributed by atoms with Gasteiger partial charge in [0, 0.05) is 18.7 Å². The minimum atomic E-state index is -0.408. The molecule has 0 spiro atoms. The molecule has 0 radical (unpaired) electrons. The topological polar surface area (TPSA) is 88.0 Å². The third kappa shape index (κ3) is 3.96. The van der Waals surface area contributed by atoms with Crippen molar-refractivity contribution in [1.29, 1.82) is 5.26 Å². The minimum absolute atomic E-state index is 0.117. The van der Waals surface area contributed by atoms with Crippen molar-refractivity contribution in [3.8, 4) is 6.07 Å². The van der Waals surface area contributed by atoms with Crippen molar-refractivity contribution in [3.05, 3.63) is 64.6 Å². The summed E-state index contributed by atoms with van der Waals surface area (Å²) in [7, 11) is 0. The maximum Gasteiger partial charge on any atom is 0.419 e. The smallest absolute Gasteiger partial charge is 0.408 e. The number of amides is 1. The van der Waals surface area contributed by atoms with Gasteiger partial charge in [0.1, 0.15) is 0 Å². The molecule has 0 unspecified atom stereocenters. The quantitative estimate of drug-likeness (QED) is 0.750. The molecule has 0 saturated carbocycles. The molecule has 0 fully saturated rings. The Morgan fingerprint density at radius 2 is 1.92 bits per heavy atom. The van der Waals surface area contributed by atoms with Crippen LogP contribution in [-0.2, 0) is 17.8 Å². The number of nitrogens with one attached hydrogen (secondary N) is 1. The van der Waals surface area contributed by atoms with E-state index in [0.717, 1.165) is 11.1 Å². The first-order valence-electron chi connectivity index (χ1n) is 8.01. The van der Waals surface area contributed by atoms with Gasteiger partial charge in [-0.25, -0.2) is 4.79 Å². The number of para-hydroxylation sites is 2. The average molecular weight is 335 g/mol. The van der Waals surface area contributed by atoms with Crippen molar-refractivity contribution in [2.75, 3.05) is 5.32 Å². The molecule has 0 aliphatic rings. The monoisotopic (exact) mass is 335 g/mol. The number of hydrogen-bond donors (Lipinski definition) is 1. The highest BCUT2D eigenvalue weighted by Crippen LogP contribution is 2.13. The molecule has 2 aromatic carbocycles. The lowest BCUT2D eigenvalue weighted by atomic mass is 10.1. The van der Waals surface area contributed by atoms with E-state index in [-0.39, 0.29) is 5.91 Å². The summed E-state index contributed by atoms with van der Waals surface area (Å²) >= 11 is 0. The number of benzene rings is 2. The summed E-state index contributed by atoms with van der Waals surface area (Å²) in [5.41, 5.74) is 2.89. The Morgan fingerprint density at radius 1 is 1.16 bits per heavy atom. The first kappa shape index (κ1) is 16.5. The number of oxazole rings is 1. The van der Waals surface area contributed by atoms with Crippen molar-refractivity contribution in [1.82, 2.24) is 4.57 Å². The third-order valence-corrected chi connectivity index (χ3v) is 3.88. The van der Waals surface area contributed by atoms with Crippen LogP contribution in [0.25, 0.3) is 11.1 Å². The standard InChI is InChI=1S/C19H17N3O3/c20-12-11-14-7-9-15(10-8-14)21-18(23)6-3-13-22-16-4-1-2-5-17(16)25-19(22)24/h1-2,4-5,7-10H,3,6,11,13H2,(H,21,23). The number of hydrogen-bond acceptors (Lipinski definition) is 4. The van der Waals surface area contributed by atoms with Crippen LogP contribution in [0.1, 0.15) is 18.4 Å². The molecule has 3 aromatic rings. The maximum absolute atomic E-state index is 12.0. The van der Waals surface area contributed by atoms with E-state index < -0.39 is 5.76 Å². The van der Waals surface area contributed by atoms with Gasteiger partial charge in [-0.3, -0.25) is 9.36 Å². The minimum Gasteiger partial charge on any atom is -0.408 e. The second-order valence-corrected chi connectivity index (χ2v) is 5.67. The lowest BCUT2D eigenvalue weighted by molar-refractivity contribution is -0.116. The van der Waals surface area contributed by atoms with E-state index in [0.29, 0.717) is 37.1 Å². The summed E-state index contributed by atoms with van der Waals surface area (Å²) in [5, 5.41) is 11.5. The summed E-state index contributed by atoms with van der Waals surface area (Å²) in [6.45, 7) is 0.421. The fraction of sp³-hybridized carbons (Fsp3) is 0.211. The summed E-state index contributed by atoms with van der Waals surface area (Å²) in [6, 6.07) is 16.5. The van der Waals surface area contributed by atoms with Crippen LogP contribution in [0.15, 0.2) is 57.7 Å². The Labute approximate surface area is 144 Å². The molecule has 6 heteroatoms. The number of nitriles is 1. The molecule has 1 amide bonds. The molecule has 25 heavy (non-hydrogen) atoms. The molecule has 1 N–H and O–H groups in total. The molecule has 0 bridgehead atoms. The van der Waals surface area contributed by atoms with Gasteiger partial charge in [0.2, 0.25) is 5.91 Å². The summed E-state index contributed by atoms with van der Waals surface area (Å²) < 4.78 is 6.71. The number of carbonyl (C=O) groups excluding carboxylic acids is 1. The molecule has 3 rings (SSSR count). The zero-order valence-electron chi connectivity index (χ0n) is 13.6. The molecular formula is C19H17N3O3. The first-order valence-corrected chi connectivity index (χ1v) is 8.01. The van der Waals surface area contributed by atoms with Gasteiger partial charge in [0.05, 0.1) is 18.0 Å². The summed E-state index contributed by atoms with van der Waals surface area (Å²) in [6.07, 6.45) is 1.18. The second kappa shape index (κ2) is 7.49. The van der Waals surface area contributed by atoms with Crippen LogP contribution in [0.3, 0.4) is 0 Å². The van der Waals surface area contributed by atoms with Crippen LogP contribution < -0.4 is 11.1 Å². The van der Waals surface area contributed by atoms with Crippen molar-refractivity contribution < 1.29 is 9.21 Å². The van der Waals surface area contributed by atoms with Crippen LogP contribution in [0.5, 0.6) is 0 Å². The Hall–Kier alpha value is -3.33. The number of rotatable bonds is 6. The van der Waals surface area contributed by atoms with Crippen LogP contribution >= 0.6 is 0 Å². The molecule has 1 aromatic heterocycles. The normalized spacial score (nSPS) is 10.5. The fourth-order valence-corrected chi connectivity index (χ4v) is 2.64. The SMILES string of the molecule is N#CCc1ccc(NC(=O)CCCn2c(=O)oc3ccccc32)cc1. The lowest BCUT2D eigenvalue weighted by Gasteiger charge is -2.06. The maximum atomic E-state index is 12.0. The van der Waals surface area contributed by atoms with Gasteiger partial charge in [-0.05, 0) is 36.2 Å². The number of carbonyl (C=O) groups is 1. The fourth-order valence-electron chi connectivity index (χ4n) is 2.64. The summed E-state index contributed by atoms with van der Waals surface area (Å²) in [5.74, 6) is -0.524. The van der Waals surface area contributed by atoms with Crippen molar-refractivity contribution in [2.45, 2.75) is 25.8 Å². The largest absolute Gasteiger partial charge is 0.419 e. The van der Waals surface area contributed by atoms with Crippen LogP contribution in [-0.4, -0.2) is 10.5 Å². The highest BCUT2D eigenvalue weighted by molar-refractivity contribution is 5.90. The van der Waals surface area contributed by atoms with Crippen LogP contribution in [0.2, 0.25) is 0 Å². The van der Waals surface area contributed by atoms with Crippen molar-refractivity contribution in [2.24, 2.45) is 0 Å². The van der Waals surface area contributed by atoms with E-state index in [1.807, 2.05) is 30.3 Å². The van der Waals surface area contributed by atoms with E-state index in [1.54, 1.807) is 22.8 Å². The molecule has 126 valence electrons. The molecular weight excluding hydrogens is 318 g/mol. The van der Waals surface area contributed by atoms with Crippen LogP contribution in [0.4, 0.5) is 5.69 Å². The van der Waals surface area contributed by atoms with E-state index in [4.69, 9.17) is 9.68 Å². The third-order valence-electron chi connectivity index (χ3n) is 3.88. The predicted octanol–water partition coefficient (Wildman–Crippen LogP) is 3.08. The Kier molecular flexibility index (Phi) is 4.95. The van der Waals surface area contributed by atoms with Gasteiger partial charge < -0.3 is 9.73 Å². The van der Waals surface area contributed by atoms with E-state index in [2.05, 4.69) is 11.4 Å². The van der Waals surface area contributed by atoms with Gasteiger partial charge in [0.15, 0.2) is 5.58 Å². The predicted molar refractivity (Wildman–Crippen MR) is 94.1 cm³/mol. The Morgan fingerprint density at radius 3 is 2.68 bits per heavy atom. The van der Waals surface area contributed by atoms with Crippen molar-refractivity contribution >= 4 is 22.7 Å². The molecule has 0 aliphatic heterocycles. The van der Waals surface area contributed by atoms with Gasteiger partial charge in [0.25, 0.3) is 0 Å². The van der Waals surface area contributed by atoms with Gasteiger partial charge in [-0.2, -0.15) is 5.26 Å². The second-order valence-electron chi connectivity index (χ2n) is 5.67. The van der Waals surface area contributed by atoms with Gasteiger partial charge in [-0.15, -0.1) is 0 Å². The lowest BCUT2D eigenvalue weighted by Crippen LogP contribution is -2.17. The first-order chi connectivity index (χ1) is 12.2. The Balaban J connectivity index is 1.55. The molecule has 0 aliphatic carbocycles. The van der Waals surface area contributed by atoms with E-state index in [9.17, 15) is 9.59 Å². The highest BCUT2D eigenvalue weighted by Gasteiger charge is 2.09. The van der Waals surface area contributed by atoms with Crippen LogP contribution in [0, 0.1) is 11.3 Å². The molecule has 1 heterocycles. The Bertz CT molecular complexity index is 978. The van der Waals surface area contributed by atoms with Gasteiger partial charge >= 0.3 is 5.76 Å². The highest BCUT2D eigenvalue weighted by atomic mass is 16.4. The number of aromatic nitrogens is 1. The van der Waals surface area contributed by atoms with Crippen molar-refractivity contribution in [3.63, 3.8) is 0 Å². The molecule has 0 atom stereocenters. The number of fused-ring (bicyclic) bond motifs is 1. The van der Waals surface area contributed by atoms with Gasteiger partial charge in [-0.1, -0.05) is 24.3 Å². The number of nitrogens with zero attached hydrogens (tertiary/aromatic N) is 2. The number of anilines is 1. The average Bonchev–Trinajstić information content (AvgIpc) is 2.93.